The highest BCUT2D eigenvalue weighted by Crippen LogP contribution is 2.23. The number of hydrogen-bond acceptors (Lipinski definition) is 3. The normalized spacial score (nSPS) is 23.7. The second-order valence-corrected chi connectivity index (χ2v) is 7.86. The number of nitrogens with one attached hydrogen (secondary N) is 2. The van der Waals surface area contributed by atoms with Gasteiger partial charge in [0, 0.05) is 50.1 Å². The molecule has 1 saturated heterocycles. The van der Waals surface area contributed by atoms with Crippen LogP contribution in [0.3, 0.4) is 0 Å². The summed E-state index contributed by atoms with van der Waals surface area (Å²) in [6, 6.07) is 0. The SMILES string of the molecule is CCC1CN(C(=NC)NCCNC(=O)C2CCCCC2)CCS1. The van der Waals surface area contributed by atoms with Crippen molar-refractivity contribution in [2.24, 2.45) is 10.9 Å². The zero-order chi connectivity index (χ0) is 16.5. The summed E-state index contributed by atoms with van der Waals surface area (Å²) in [6.45, 7) is 5.78. The first-order valence-electron chi connectivity index (χ1n) is 9.09. The predicted octanol–water partition coefficient (Wildman–Crippen LogP) is 2.09. The van der Waals surface area contributed by atoms with Gasteiger partial charge >= 0.3 is 0 Å². The van der Waals surface area contributed by atoms with Gasteiger partial charge in [-0.15, -0.1) is 0 Å². The average molecular weight is 341 g/mol. The molecule has 1 unspecified atom stereocenters. The molecule has 1 amide bonds. The molecular weight excluding hydrogens is 308 g/mol. The minimum atomic E-state index is 0.238. The molecule has 2 aliphatic rings. The minimum absolute atomic E-state index is 0.238. The van der Waals surface area contributed by atoms with Crippen molar-refractivity contribution >= 4 is 23.6 Å². The van der Waals surface area contributed by atoms with E-state index < -0.39 is 0 Å². The van der Waals surface area contributed by atoms with E-state index in [9.17, 15) is 4.79 Å². The summed E-state index contributed by atoms with van der Waals surface area (Å²) < 4.78 is 0. The molecule has 2 fully saturated rings. The molecule has 5 nitrogen and oxygen atoms in total. The first-order chi connectivity index (χ1) is 11.2. The molecule has 0 radical (unpaired) electrons. The third-order valence-corrected chi connectivity index (χ3v) is 6.16. The summed E-state index contributed by atoms with van der Waals surface area (Å²) in [6.07, 6.45) is 7.02. The van der Waals surface area contributed by atoms with E-state index in [0.717, 1.165) is 44.2 Å². The van der Waals surface area contributed by atoms with Crippen LogP contribution in [-0.2, 0) is 4.79 Å². The lowest BCUT2D eigenvalue weighted by Gasteiger charge is -2.34. The number of guanidine groups is 1. The first-order valence-corrected chi connectivity index (χ1v) is 10.1. The quantitative estimate of drug-likeness (QED) is 0.457. The highest BCUT2D eigenvalue weighted by Gasteiger charge is 2.22. The van der Waals surface area contributed by atoms with Crippen LogP contribution in [0.1, 0.15) is 45.4 Å². The van der Waals surface area contributed by atoms with Crippen molar-refractivity contribution in [3.8, 4) is 0 Å². The van der Waals surface area contributed by atoms with Crippen LogP contribution in [0.15, 0.2) is 4.99 Å². The number of thioether (sulfide) groups is 1. The van der Waals surface area contributed by atoms with Gasteiger partial charge in [0.05, 0.1) is 0 Å². The second kappa shape index (κ2) is 10.1. The molecule has 0 spiro atoms. The van der Waals surface area contributed by atoms with Gasteiger partial charge in [-0.1, -0.05) is 26.2 Å². The van der Waals surface area contributed by atoms with Gasteiger partial charge < -0.3 is 15.5 Å². The van der Waals surface area contributed by atoms with Crippen LogP contribution in [0, 0.1) is 5.92 Å². The molecule has 0 aromatic rings. The number of nitrogens with zero attached hydrogens (tertiary/aromatic N) is 2. The summed E-state index contributed by atoms with van der Waals surface area (Å²) >= 11 is 2.06. The smallest absolute Gasteiger partial charge is 0.223 e. The summed E-state index contributed by atoms with van der Waals surface area (Å²) in [5, 5.41) is 7.17. The van der Waals surface area contributed by atoms with Crippen molar-refractivity contribution in [1.82, 2.24) is 15.5 Å². The Morgan fingerprint density at radius 1 is 1.22 bits per heavy atom. The van der Waals surface area contributed by atoms with Gasteiger partial charge in [0.2, 0.25) is 5.91 Å². The Labute approximate surface area is 145 Å². The summed E-state index contributed by atoms with van der Waals surface area (Å²) in [5.41, 5.74) is 0. The van der Waals surface area contributed by atoms with E-state index in [-0.39, 0.29) is 11.8 Å². The molecular formula is C17H32N4OS. The zero-order valence-electron chi connectivity index (χ0n) is 14.6. The maximum Gasteiger partial charge on any atom is 0.223 e. The number of carbonyl (C=O) groups is 1. The molecule has 132 valence electrons. The molecule has 1 heterocycles. The van der Waals surface area contributed by atoms with E-state index in [1.165, 1.54) is 25.7 Å². The molecule has 2 rings (SSSR count). The Morgan fingerprint density at radius 2 is 1.96 bits per heavy atom. The van der Waals surface area contributed by atoms with Crippen LogP contribution in [0.4, 0.5) is 0 Å². The molecule has 1 aliphatic carbocycles. The van der Waals surface area contributed by atoms with E-state index in [1.54, 1.807) is 0 Å². The van der Waals surface area contributed by atoms with Crippen LogP contribution in [0.2, 0.25) is 0 Å². The highest BCUT2D eigenvalue weighted by atomic mass is 32.2. The van der Waals surface area contributed by atoms with Gasteiger partial charge in [-0.2, -0.15) is 11.8 Å². The van der Waals surface area contributed by atoms with Crippen molar-refractivity contribution < 1.29 is 4.79 Å². The van der Waals surface area contributed by atoms with Crippen LogP contribution >= 0.6 is 11.8 Å². The number of amides is 1. The molecule has 0 aromatic carbocycles. The van der Waals surface area contributed by atoms with Crippen LogP contribution in [0.25, 0.3) is 0 Å². The lowest BCUT2D eigenvalue weighted by molar-refractivity contribution is -0.125. The number of rotatable bonds is 5. The van der Waals surface area contributed by atoms with Gasteiger partial charge in [-0.05, 0) is 19.3 Å². The van der Waals surface area contributed by atoms with Crippen LogP contribution < -0.4 is 10.6 Å². The van der Waals surface area contributed by atoms with Crippen molar-refractivity contribution in [3.05, 3.63) is 0 Å². The molecule has 0 bridgehead atoms. The second-order valence-electron chi connectivity index (χ2n) is 6.45. The fraction of sp³-hybridized carbons (Fsp3) is 0.882. The Kier molecular flexibility index (Phi) is 8.06. The number of hydrogen-bond donors (Lipinski definition) is 2. The molecule has 1 atom stereocenters. The molecule has 0 aromatic heterocycles. The number of aliphatic imine (C=N–C) groups is 1. The fourth-order valence-electron chi connectivity index (χ4n) is 3.36. The van der Waals surface area contributed by atoms with Gasteiger partial charge in [0.1, 0.15) is 0 Å². The van der Waals surface area contributed by atoms with Crippen LogP contribution in [0.5, 0.6) is 0 Å². The third kappa shape index (κ3) is 5.90. The van der Waals surface area contributed by atoms with E-state index in [0.29, 0.717) is 11.8 Å². The maximum atomic E-state index is 12.1. The largest absolute Gasteiger partial charge is 0.354 e. The topological polar surface area (TPSA) is 56.7 Å². The summed E-state index contributed by atoms with van der Waals surface area (Å²) in [5.74, 6) is 2.61. The van der Waals surface area contributed by atoms with Gasteiger partial charge in [-0.25, -0.2) is 0 Å². The van der Waals surface area contributed by atoms with E-state index >= 15 is 0 Å². The van der Waals surface area contributed by atoms with Crippen LogP contribution in [-0.4, -0.2) is 61.0 Å². The van der Waals surface area contributed by atoms with E-state index in [2.05, 4.69) is 39.2 Å². The molecule has 1 aliphatic heterocycles. The summed E-state index contributed by atoms with van der Waals surface area (Å²) in [7, 11) is 1.84. The van der Waals surface area contributed by atoms with Crippen molar-refractivity contribution in [3.63, 3.8) is 0 Å². The van der Waals surface area contributed by atoms with E-state index in [1.807, 2.05) is 7.05 Å². The standard InChI is InChI=1S/C17H32N4OS/c1-3-15-13-21(11-12-23-15)17(18-2)20-10-9-19-16(22)14-7-5-4-6-8-14/h14-15H,3-13H2,1-2H3,(H,18,20)(H,19,22). The first kappa shape index (κ1) is 18.4. The summed E-state index contributed by atoms with van der Waals surface area (Å²) in [4.78, 5) is 18.9. The molecule has 6 heteroatoms. The Hall–Kier alpha value is -0.910. The third-order valence-electron chi connectivity index (χ3n) is 4.79. The Morgan fingerprint density at radius 3 is 2.65 bits per heavy atom. The Bertz CT molecular complexity index is 396. The maximum absolute atomic E-state index is 12.1. The van der Waals surface area contributed by atoms with Gasteiger partial charge in [0.15, 0.2) is 5.96 Å². The monoisotopic (exact) mass is 340 g/mol. The van der Waals surface area contributed by atoms with Crippen molar-refractivity contribution in [2.45, 2.75) is 50.7 Å². The lowest BCUT2D eigenvalue weighted by Crippen LogP contribution is -2.49. The minimum Gasteiger partial charge on any atom is -0.354 e. The van der Waals surface area contributed by atoms with Crippen molar-refractivity contribution in [2.75, 3.05) is 39.0 Å². The number of carbonyl (C=O) groups excluding carboxylic acids is 1. The van der Waals surface area contributed by atoms with Crippen molar-refractivity contribution in [1.29, 1.82) is 0 Å². The molecule has 1 saturated carbocycles. The predicted molar refractivity (Wildman–Crippen MR) is 99.1 cm³/mol. The van der Waals surface area contributed by atoms with Gasteiger partial charge in [-0.3, -0.25) is 9.79 Å². The molecule has 2 N–H and O–H groups in total. The molecule has 23 heavy (non-hydrogen) atoms. The van der Waals surface area contributed by atoms with Gasteiger partial charge in [0.25, 0.3) is 0 Å². The van der Waals surface area contributed by atoms with E-state index in [4.69, 9.17) is 0 Å². The average Bonchev–Trinajstić information content (AvgIpc) is 2.62. The zero-order valence-corrected chi connectivity index (χ0v) is 15.5. The fourth-order valence-corrected chi connectivity index (χ4v) is 4.54. The Balaban J connectivity index is 1.66. The lowest BCUT2D eigenvalue weighted by atomic mass is 9.89. The highest BCUT2D eigenvalue weighted by molar-refractivity contribution is 8.00.